The molecule has 0 bridgehead atoms. The van der Waals surface area contributed by atoms with E-state index in [1.165, 1.54) is 7.05 Å². The monoisotopic (exact) mass is 356 g/mol. The molecule has 0 unspecified atom stereocenters. The lowest BCUT2D eigenvalue weighted by Crippen LogP contribution is -2.38. The summed E-state index contributed by atoms with van der Waals surface area (Å²) in [4.78, 5) is 4.29. The molecule has 1 heterocycles. The lowest BCUT2D eigenvalue weighted by atomic mass is 9.77. The van der Waals surface area contributed by atoms with Gasteiger partial charge >= 0.3 is 0 Å². The van der Waals surface area contributed by atoms with Crippen molar-refractivity contribution < 1.29 is 5.21 Å². The number of anilines is 1. The summed E-state index contributed by atoms with van der Waals surface area (Å²) in [5.41, 5.74) is 2.45. The highest BCUT2D eigenvalue weighted by atomic mass is 16.5. The van der Waals surface area contributed by atoms with Gasteiger partial charge in [-0.05, 0) is 16.7 Å². The Hall–Kier alpha value is -3.44. The number of hydrogen-bond acceptors (Lipinski definition) is 4. The number of hydrogen-bond donors (Lipinski definition) is 1. The van der Waals surface area contributed by atoms with E-state index in [1.54, 1.807) is 6.33 Å². The third kappa shape index (κ3) is 2.88. The highest BCUT2D eigenvalue weighted by molar-refractivity contribution is 5.50. The maximum absolute atomic E-state index is 9.81. The molecule has 5 nitrogen and oxygen atoms in total. The van der Waals surface area contributed by atoms with E-state index in [0.29, 0.717) is 0 Å². The quantitative estimate of drug-likeness (QED) is 0.435. The first-order valence-electron chi connectivity index (χ1n) is 8.74. The predicted octanol–water partition coefficient (Wildman–Crippen LogP) is 3.94. The fraction of sp³-hybridized carbons (Fsp3) is 0.0909. The van der Waals surface area contributed by atoms with Gasteiger partial charge in [-0.3, -0.25) is 5.21 Å². The lowest BCUT2D eigenvalue weighted by Gasteiger charge is -2.35. The summed E-state index contributed by atoms with van der Waals surface area (Å²) in [6, 6.07) is 30.6. The van der Waals surface area contributed by atoms with Gasteiger partial charge in [0.25, 0.3) is 5.95 Å². The second kappa shape index (κ2) is 7.05. The lowest BCUT2D eigenvalue weighted by molar-refractivity contribution is 0.271. The van der Waals surface area contributed by atoms with E-state index in [9.17, 15) is 5.21 Å². The van der Waals surface area contributed by atoms with Crippen LogP contribution in [0.5, 0.6) is 0 Å². The molecule has 1 N–H and O–H groups in total. The zero-order valence-electron chi connectivity index (χ0n) is 15.0. The van der Waals surface area contributed by atoms with Gasteiger partial charge in [-0.25, -0.2) is 9.75 Å². The van der Waals surface area contributed by atoms with Crippen molar-refractivity contribution in [2.45, 2.75) is 5.54 Å². The van der Waals surface area contributed by atoms with Crippen LogP contribution >= 0.6 is 0 Å². The highest BCUT2D eigenvalue weighted by Gasteiger charge is 2.39. The van der Waals surface area contributed by atoms with Crippen LogP contribution in [0.4, 0.5) is 5.95 Å². The van der Waals surface area contributed by atoms with Gasteiger partial charge in [-0.1, -0.05) is 91.0 Å². The van der Waals surface area contributed by atoms with Crippen LogP contribution in [-0.4, -0.2) is 27.0 Å². The Balaban J connectivity index is 2.09. The zero-order valence-corrected chi connectivity index (χ0v) is 15.0. The summed E-state index contributed by atoms with van der Waals surface area (Å²) < 4.78 is 1.81. The normalized spacial score (nSPS) is 11.3. The Kier molecular flexibility index (Phi) is 4.44. The largest absolute Gasteiger partial charge is 0.286 e. The van der Waals surface area contributed by atoms with Gasteiger partial charge in [0.15, 0.2) is 0 Å². The van der Waals surface area contributed by atoms with Crippen LogP contribution in [0.2, 0.25) is 0 Å². The molecule has 1 aromatic heterocycles. The molecule has 0 amide bonds. The SMILES string of the molecule is CN(O)c1ncn(C(c2ccccc2)(c2ccccc2)c2ccccc2)n1. The molecular formula is C22H20N4O. The molecule has 134 valence electrons. The minimum atomic E-state index is -0.717. The van der Waals surface area contributed by atoms with Crippen molar-refractivity contribution in [3.63, 3.8) is 0 Å². The van der Waals surface area contributed by atoms with Crippen LogP contribution in [0, 0.1) is 0 Å². The molecule has 5 heteroatoms. The Labute approximate surface area is 158 Å². The first-order chi connectivity index (χ1) is 13.2. The summed E-state index contributed by atoms with van der Waals surface area (Å²) in [5, 5.41) is 15.3. The van der Waals surface area contributed by atoms with Gasteiger partial charge in [0.2, 0.25) is 0 Å². The smallest absolute Gasteiger partial charge is 0.268 e. The van der Waals surface area contributed by atoms with Crippen molar-refractivity contribution in [1.29, 1.82) is 0 Å². The van der Waals surface area contributed by atoms with Crippen molar-refractivity contribution in [2.75, 3.05) is 12.1 Å². The number of benzene rings is 3. The maximum Gasteiger partial charge on any atom is 0.268 e. The molecule has 0 aliphatic carbocycles. The molecule has 0 fully saturated rings. The van der Waals surface area contributed by atoms with E-state index >= 15 is 0 Å². The fourth-order valence-electron chi connectivity index (χ4n) is 3.50. The third-order valence-electron chi connectivity index (χ3n) is 4.69. The van der Waals surface area contributed by atoms with Crippen LogP contribution in [0.25, 0.3) is 0 Å². The molecule has 4 rings (SSSR count). The van der Waals surface area contributed by atoms with Crippen LogP contribution in [0.3, 0.4) is 0 Å². The van der Waals surface area contributed by atoms with Gasteiger partial charge in [-0.2, -0.15) is 4.98 Å². The maximum atomic E-state index is 9.81. The zero-order chi connectivity index (χ0) is 18.7. The molecule has 4 aromatic rings. The molecule has 0 aliphatic rings. The van der Waals surface area contributed by atoms with Gasteiger partial charge in [0, 0.05) is 7.05 Å². The second-order valence-electron chi connectivity index (χ2n) is 6.32. The molecule has 0 atom stereocenters. The molecule has 0 saturated heterocycles. The van der Waals surface area contributed by atoms with Crippen LogP contribution in [0.1, 0.15) is 16.7 Å². The van der Waals surface area contributed by atoms with E-state index in [0.717, 1.165) is 21.8 Å². The van der Waals surface area contributed by atoms with E-state index in [2.05, 4.69) is 46.5 Å². The number of aromatic nitrogens is 3. The average molecular weight is 356 g/mol. The van der Waals surface area contributed by atoms with Gasteiger partial charge in [0.05, 0.1) is 0 Å². The van der Waals surface area contributed by atoms with Crippen molar-refractivity contribution >= 4 is 5.95 Å². The average Bonchev–Trinajstić information content (AvgIpc) is 3.22. The molecule has 27 heavy (non-hydrogen) atoms. The number of hydroxylamine groups is 1. The van der Waals surface area contributed by atoms with Gasteiger partial charge in [-0.15, -0.1) is 5.10 Å². The molecule has 0 spiro atoms. The Morgan fingerprint density at radius 3 is 1.48 bits per heavy atom. The Bertz CT molecular complexity index is 902. The van der Waals surface area contributed by atoms with Crippen molar-refractivity contribution in [3.8, 4) is 0 Å². The third-order valence-corrected chi connectivity index (χ3v) is 4.69. The topological polar surface area (TPSA) is 54.2 Å². The Morgan fingerprint density at radius 1 is 0.741 bits per heavy atom. The number of nitrogens with zero attached hydrogens (tertiary/aromatic N) is 4. The number of rotatable bonds is 5. The summed E-state index contributed by atoms with van der Waals surface area (Å²) in [6.45, 7) is 0. The summed E-state index contributed by atoms with van der Waals surface area (Å²) in [7, 11) is 1.51. The summed E-state index contributed by atoms with van der Waals surface area (Å²) >= 11 is 0. The summed E-state index contributed by atoms with van der Waals surface area (Å²) in [5.74, 6) is 0.238. The van der Waals surface area contributed by atoms with Gasteiger partial charge < -0.3 is 0 Å². The van der Waals surface area contributed by atoms with E-state index < -0.39 is 5.54 Å². The van der Waals surface area contributed by atoms with Crippen molar-refractivity contribution in [1.82, 2.24) is 14.8 Å². The van der Waals surface area contributed by atoms with E-state index in [1.807, 2.05) is 59.3 Å². The minimum Gasteiger partial charge on any atom is -0.286 e. The molecule has 0 aliphatic heterocycles. The summed E-state index contributed by atoms with van der Waals surface area (Å²) in [6.07, 6.45) is 1.66. The Morgan fingerprint density at radius 2 is 1.15 bits per heavy atom. The van der Waals surface area contributed by atoms with Crippen molar-refractivity contribution in [2.24, 2.45) is 0 Å². The van der Waals surface area contributed by atoms with E-state index in [-0.39, 0.29) is 5.95 Å². The minimum absolute atomic E-state index is 0.238. The standard InChI is InChI=1S/C22H20N4O/c1-25(27)21-23-17-26(24-21)22(18-11-5-2-6-12-18,19-13-7-3-8-14-19)20-15-9-4-10-16-20/h2-17,27H,1H3. The van der Waals surface area contributed by atoms with Gasteiger partial charge in [0.1, 0.15) is 11.9 Å². The van der Waals surface area contributed by atoms with Crippen LogP contribution < -0.4 is 5.06 Å². The molecule has 0 saturated carbocycles. The first kappa shape index (κ1) is 17.0. The molecule has 0 radical (unpaired) electrons. The second-order valence-corrected chi connectivity index (χ2v) is 6.32. The fourth-order valence-corrected chi connectivity index (χ4v) is 3.50. The molecule has 3 aromatic carbocycles. The predicted molar refractivity (Wildman–Crippen MR) is 105 cm³/mol. The first-order valence-corrected chi connectivity index (χ1v) is 8.74. The van der Waals surface area contributed by atoms with Crippen LogP contribution in [-0.2, 0) is 5.54 Å². The molecular weight excluding hydrogens is 336 g/mol. The van der Waals surface area contributed by atoms with E-state index in [4.69, 9.17) is 0 Å². The highest BCUT2D eigenvalue weighted by Crippen LogP contribution is 2.40. The van der Waals surface area contributed by atoms with Crippen LogP contribution in [0.15, 0.2) is 97.3 Å². The van der Waals surface area contributed by atoms with Crippen molar-refractivity contribution in [3.05, 3.63) is 114 Å².